The third-order valence-corrected chi connectivity index (χ3v) is 2.88. The number of nitrogens with one attached hydrogen (secondary N) is 1. The number of rotatable bonds is 4. The van der Waals surface area contributed by atoms with Gasteiger partial charge in [-0.25, -0.2) is 0 Å². The zero-order valence-electron chi connectivity index (χ0n) is 10.7. The molecule has 18 heavy (non-hydrogen) atoms. The molecule has 0 bridgehead atoms. The molecule has 0 spiro atoms. The molecule has 0 heterocycles. The van der Waals surface area contributed by atoms with E-state index in [4.69, 9.17) is 10.5 Å². The molecule has 94 valence electrons. The molecule has 0 aliphatic heterocycles. The fourth-order valence-electron chi connectivity index (χ4n) is 1.81. The predicted molar refractivity (Wildman–Crippen MR) is 75.9 cm³/mol. The smallest absolute Gasteiger partial charge is 0.119 e. The van der Waals surface area contributed by atoms with Gasteiger partial charge in [0.1, 0.15) is 5.75 Å². The van der Waals surface area contributed by atoms with Crippen LogP contribution in [-0.2, 0) is 6.54 Å². The second kappa shape index (κ2) is 5.45. The van der Waals surface area contributed by atoms with Crippen molar-refractivity contribution in [1.29, 1.82) is 0 Å². The van der Waals surface area contributed by atoms with Gasteiger partial charge < -0.3 is 15.8 Å². The van der Waals surface area contributed by atoms with Crippen LogP contribution in [0.4, 0.5) is 11.4 Å². The van der Waals surface area contributed by atoms with Crippen LogP contribution in [0.15, 0.2) is 42.5 Å². The SMILES string of the molecule is COc1cccc(CNc2cc(N)ccc2C)c1. The number of nitrogen functional groups attached to an aromatic ring is 1. The van der Waals surface area contributed by atoms with Crippen LogP contribution >= 0.6 is 0 Å². The van der Waals surface area contributed by atoms with E-state index in [9.17, 15) is 0 Å². The van der Waals surface area contributed by atoms with Gasteiger partial charge in [0.15, 0.2) is 0 Å². The van der Waals surface area contributed by atoms with E-state index in [1.54, 1.807) is 7.11 Å². The van der Waals surface area contributed by atoms with Crippen molar-refractivity contribution in [3.8, 4) is 5.75 Å². The highest BCUT2D eigenvalue weighted by Gasteiger charge is 2.00. The minimum Gasteiger partial charge on any atom is -0.497 e. The van der Waals surface area contributed by atoms with E-state index >= 15 is 0 Å². The number of methoxy groups -OCH3 is 1. The first-order valence-electron chi connectivity index (χ1n) is 5.92. The van der Waals surface area contributed by atoms with Crippen LogP contribution in [0.25, 0.3) is 0 Å². The lowest BCUT2D eigenvalue weighted by Crippen LogP contribution is -2.02. The fraction of sp³-hybridized carbons (Fsp3) is 0.200. The van der Waals surface area contributed by atoms with Crippen LogP contribution in [0.3, 0.4) is 0 Å². The van der Waals surface area contributed by atoms with E-state index in [0.29, 0.717) is 0 Å². The van der Waals surface area contributed by atoms with Gasteiger partial charge in [-0.05, 0) is 42.3 Å². The highest BCUT2D eigenvalue weighted by molar-refractivity contribution is 5.59. The highest BCUT2D eigenvalue weighted by Crippen LogP contribution is 2.20. The van der Waals surface area contributed by atoms with Gasteiger partial charge >= 0.3 is 0 Å². The van der Waals surface area contributed by atoms with Crippen molar-refractivity contribution >= 4 is 11.4 Å². The summed E-state index contributed by atoms with van der Waals surface area (Å²) < 4.78 is 5.20. The van der Waals surface area contributed by atoms with Crippen LogP contribution in [0.1, 0.15) is 11.1 Å². The van der Waals surface area contributed by atoms with E-state index in [1.165, 1.54) is 11.1 Å². The first-order valence-corrected chi connectivity index (χ1v) is 5.92. The lowest BCUT2D eigenvalue weighted by atomic mass is 10.1. The molecule has 0 aromatic heterocycles. The molecule has 2 rings (SSSR count). The number of aryl methyl sites for hydroxylation is 1. The third kappa shape index (κ3) is 2.94. The molecule has 0 unspecified atom stereocenters. The zero-order chi connectivity index (χ0) is 13.0. The van der Waals surface area contributed by atoms with Crippen molar-refractivity contribution in [3.63, 3.8) is 0 Å². The molecule has 3 N–H and O–H groups in total. The van der Waals surface area contributed by atoms with Crippen molar-refractivity contribution in [3.05, 3.63) is 53.6 Å². The second-order valence-corrected chi connectivity index (χ2v) is 4.28. The number of hydrogen-bond donors (Lipinski definition) is 2. The minimum absolute atomic E-state index is 0.751. The molecule has 0 aliphatic rings. The van der Waals surface area contributed by atoms with Gasteiger partial charge in [0.05, 0.1) is 7.11 Å². The second-order valence-electron chi connectivity index (χ2n) is 4.28. The maximum atomic E-state index is 5.78. The Morgan fingerprint density at radius 2 is 2.00 bits per heavy atom. The van der Waals surface area contributed by atoms with Crippen LogP contribution < -0.4 is 15.8 Å². The molecule has 3 heteroatoms. The van der Waals surface area contributed by atoms with Crippen molar-refractivity contribution in [2.24, 2.45) is 0 Å². The first kappa shape index (κ1) is 12.3. The van der Waals surface area contributed by atoms with Crippen LogP contribution in [0, 0.1) is 6.92 Å². The molecule has 2 aromatic carbocycles. The maximum absolute atomic E-state index is 5.78. The van der Waals surface area contributed by atoms with Gasteiger partial charge in [-0.3, -0.25) is 0 Å². The Morgan fingerprint density at radius 1 is 1.17 bits per heavy atom. The molecule has 0 radical (unpaired) electrons. The summed E-state index contributed by atoms with van der Waals surface area (Å²) in [5.41, 5.74) is 9.99. The molecule has 2 aromatic rings. The average molecular weight is 242 g/mol. The van der Waals surface area contributed by atoms with E-state index in [-0.39, 0.29) is 0 Å². The molecule has 0 fully saturated rings. The van der Waals surface area contributed by atoms with Crippen LogP contribution in [0.5, 0.6) is 5.75 Å². The minimum atomic E-state index is 0.751. The standard InChI is InChI=1S/C15H18N2O/c1-11-6-7-13(16)9-15(11)17-10-12-4-3-5-14(8-12)18-2/h3-9,17H,10,16H2,1-2H3. The van der Waals surface area contributed by atoms with Crippen LogP contribution in [0.2, 0.25) is 0 Å². The fourth-order valence-corrected chi connectivity index (χ4v) is 1.81. The summed E-state index contributed by atoms with van der Waals surface area (Å²) in [6.45, 7) is 2.81. The quantitative estimate of drug-likeness (QED) is 0.809. The average Bonchev–Trinajstić information content (AvgIpc) is 2.40. The molecule has 0 saturated carbocycles. The van der Waals surface area contributed by atoms with Gasteiger partial charge in [0.2, 0.25) is 0 Å². The van der Waals surface area contributed by atoms with Crippen molar-refractivity contribution in [2.75, 3.05) is 18.2 Å². The lowest BCUT2D eigenvalue weighted by Gasteiger charge is -2.11. The summed E-state index contributed by atoms with van der Waals surface area (Å²) in [6.07, 6.45) is 0. The Morgan fingerprint density at radius 3 is 2.78 bits per heavy atom. The molecular weight excluding hydrogens is 224 g/mol. The number of anilines is 2. The van der Waals surface area contributed by atoms with Gasteiger partial charge in [0.25, 0.3) is 0 Å². The number of nitrogens with two attached hydrogens (primary N) is 1. The van der Waals surface area contributed by atoms with Crippen molar-refractivity contribution < 1.29 is 4.74 Å². The molecule has 0 amide bonds. The summed E-state index contributed by atoms with van der Waals surface area (Å²) in [6, 6.07) is 13.9. The van der Waals surface area contributed by atoms with Gasteiger partial charge in [-0.2, -0.15) is 0 Å². The molecule has 0 atom stereocenters. The lowest BCUT2D eigenvalue weighted by molar-refractivity contribution is 0.414. The summed E-state index contributed by atoms with van der Waals surface area (Å²) in [5.74, 6) is 0.874. The molecule has 3 nitrogen and oxygen atoms in total. The van der Waals surface area contributed by atoms with Crippen LogP contribution in [-0.4, -0.2) is 7.11 Å². The highest BCUT2D eigenvalue weighted by atomic mass is 16.5. The van der Waals surface area contributed by atoms with E-state index in [0.717, 1.165) is 23.7 Å². The van der Waals surface area contributed by atoms with Crippen molar-refractivity contribution in [2.45, 2.75) is 13.5 Å². The Kier molecular flexibility index (Phi) is 3.72. The Bertz CT molecular complexity index is 538. The topological polar surface area (TPSA) is 47.3 Å². The summed E-state index contributed by atoms with van der Waals surface area (Å²) >= 11 is 0. The number of benzene rings is 2. The summed E-state index contributed by atoms with van der Waals surface area (Å²) in [7, 11) is 1.68. The normalized spacial score (nSPS) is 10.1. The predicted octanol–water partition coefficient (Wildman–Crippen LogP) is 3.20. The van der Waals surface area contributed by atoms with Gasteiger partial charge in [-0.1, -0.05) is 18.2 Å². The largest absolute Gasteiger partial charge is 0.497 e. The Labute approximate surface area is 108 Å². The van der Waals surface area contributed by atoms with E-state index < -0.39 is 0 Å². The van der Waals surface area contributed by atoms with Gasteiger partial charge in [0, 0.05) is 17.9 Å². The third-order valence-electron chi connectivity index (χ3n) is 2.88. The van der Waals surface area contributed by atoms with Crippen molar-refractivity contribution in [1.82, 2.24) is 0 Å². The molecule has 0 aliphatic carbocycles. The first-order chi connectivity index (χ1) is 8.69. The monoisotopic (exact) mass is 242 g/mol. The molecule has 0 saturated heterocycles. The summed E-state index contributed by atoms with van der Waals surface area (Å²) in [4.78, 5) is 0. The van der Waals surface area contributed by atoms with E-state index in [1.807, 2.05) is 36.4 Å². The molecular formula is C15H18N2O. The Hall–Kier alpha value is -2.16. The zero-order valence-corrected chi connectivity index (χ0v) is 10.7. The number of ether oxygens (including phenoxy) is 1. The maximum Gasteiger partial charge on any atom is 0.119 e. The Balaban J connectivity index is 2.08. The van der Waals surface area contributed by atoms with Gasteiger partial charge in [-0.15, -0.1) is 0 Å². The van der Waals surface area contributed by atoms with E-state index in [2.05, 4.69) is 18.3 Å². The summed E-state index contributed by atoms with van der Waals surface area (Å²) in [5, 5.41) is 3.39. The number of hydrogen-bond acceptors (Lipinski definition) is 3.